The molecule has 0 aliphatic rings. The summed E-state index contributed by atoms with van der Waals surface area (Å²) in [5.74, 6) is -0.358. The van der Waals surface area contributed by atoms with Gasteiger partial charge >= 0.3 is 0 Å². The topological polar surface area (TPSA) is 84.5 Å². The second-order valence-corrected chi connectivity index (χ2v) is 9.77. The maximum Gasteiger partial charge on any atom is 0.261 e. The van der Waals surface area contributed by atoms with E-state index in [2.05, 4.69) is 26.0 Å². The molecule has 0 saturated carbocycles. The Morgan fingerprint density at radius 1 is 1.09 bits per heavy atom. The zero-order chi connectivity index (χ0) is 23.3. The predicted molar refractivity (Wildman–Crippen MR) is 125 cm³/mol. The molecule has 3 aromatic carbocycles. The Labute approximate surface area is 195 Å². The smallest absolute Gasteiger partial charge is 0.261 e. The second-order valence-electron chi connectivity index (χ2n) is 7.17. The lowest BCUT2D eigenvalue weighted by Gasteiger charge is -2.16. The molecule has 32 heavy (non-hydrogen) atoms. The summed E-state index contributed by atoms with van der Waals surface area (Å²) < 4.78 is 47.1. The average molecular weight is 521 g/mol. The van der Waals surface area contributed by atoms with Gasteiger partial charge in [-0.25, -0.2) is 12.8 Å². The quantitative estimate of drug-likeness (QED) is 0.439. The zero-order valence-electron chi connectivity index (χ0n) is 17.4. The lowest BCUT2D eigenvalue weighted by Crippen LogP contribution is -2.31. The lowest BCUT2D eigenvalue weighted by molar-refractivity contribution is -0.123. The van der Waals surface area contributed by atoms with Gasteiger partial charge in [-0.05, 0) is 79.6 Å². The largest absolute Gasteiger partial charge is 0.484 e. The van der Waals surface area contributed by atoms with Crippen molar-refractivity contribution in [2.24, 2.45) is 0 Å². The molecule has 168 valence electrons. The number of ether oxygens (including phenoxy) is 1. The summed E-state index contributed by atoms with van der Waals surface area (Å²) in [7, 11) is -3.86. The van der Waals surface area contributed by atoms with E-state index >= 15 is 0 Å². The van der Waals surface area contributed by atoms with Gasteiger partial charge in [0, 0.05) is 10.2 Å². The van der Waals surface area contributed by atoms with Crippen molar-refractivity contribution in [3.8, 4) is 5.75 Å². The first-order valence-electron chi connectivity index (χ1n) is 9.71. The van der Waals surface area contributed by atoms with Crippen LogP contribution in [-0.4, -0.2) is 20.9 Å². The lowest BCUT2D eigenvalue weighted by atomic mass is 10.1. The SMILES string of the molecule is Cc1cc(S(=O)(=O)Nc2ccc(F)cc2)ccc1OCC(=O)N[C@H](C)c1cccc(Br)c1. The van der Waals surface area contributed by atoms with Crippen LogP contribution in [0.2, 0.25) is 0 Å². The molecular formula is C23H22BrFN2O4S. The van der Waals surface area contributed by atoms with Crippen molar-refractivity contribution in [3.63, 3.8) is 0 Å². The highest BCUT2D eigenvalue weighted by molar-refractivity contribution is 9.10. The molecule has 0 radical (unpaired) electrons. The Hall–Kier alpha value is -2.91. The van der Waals surface area contributed by atoms with E-state index in [1.165, 1.54) is 42.5 Å². The minimum atomic E-state index is -3.86. The van der Waals surface area contributed by atoms with Gasteiger partial charge in [-0.15, -0.1) is 0 Å². The third-order valence-corrected chi connectivity index (χ3v) is 6.51. The predicted octanol–water partition coefficient (Wildman–Crippen LogP) is 4.95. The van der Waals surface area contributed by atoms with Gasteiger partial charge in [0.05, 0.1) is 10.9 Å². The zero-order valence-corrected chi connectivity index (χ0v) is 19.8. The molecule has 1 atom stereocenters. The molecule has 0 spiro atoms. The molecule has 3 rings (SSSR count). The fourth-order valence-corrected chi connectivity index (χ4v) is 4.53. The highest BCUT2D eigenvalue weighted by atomic mass is 79.9. The monoisotopic (exact) mass is 520 g/mol. The Morgan fingerprint density at radius 3 is 2.47 bits per heavy atom. The summed E-state index contributed by atoms with van der Waals surface area (Å²) in [6.45, 7) is 3.35. The fraction of sp³-hybridized carbons (Fsp3) is 0.174. The molecule has 0 aromatic heterocycles. The van der Waals surface area contributed by atoms with Crippen LogP contribution in [0.5, 0.6) is 5.75 Å². The number of hydrogen-bond donors (Lipinski definition) is 2. The van der Waals surface area contributed by atoms with E-state index in [9.17, 15) is 17.6 Å². The molecular weight excluding hydrogens is 499 g/mol. The van der Waals surface area contributed by atoms with Crippen molar-refractivity contribution in [1.29, 1.82) is 0 Å². The van der Waals surface area contributed by atoms with E-state index in [1.807, 2.05) is 31.2 Å². The van der Waals surface area contributed by atoms with E-state index < -0.39 is 15.8 Å². The van der Waals surface area contributed by atoms with E-state index in [1.54, 1.807) is 6.92 Å². The molecule has 0 fully saturated rings. The minimum Gasteiger partial charge on any atom is -0.484 e. The standard InChI is InChI=1S/C23H22BrFN2O4S/c1-15-12-21(32(29,30)27-20-8-6-19(25)7-9-20)10-11-22(15)31-14-23(28)26-16(2)17-4-3-5-18(24)13-17/h3-13,16,27H,14H2,1-2H3,(H,26,28)/t16-/m1/s1. The van der Waals surface area contributed by atoms with Gasteiger partial charge in [0.25, 0.3) is 15.9 Å². The number of benzene rings is 3. The number of carbonyl (C=O) groups excluding carboxylic acids is 1. The van der Waals surface area contributed by atoms with Crippen LogP contribution in [0.3, 0.4) is 0 Å². The summed E-state index contributed by atoms with van der Waals surface area (Å²) >= 11 is 3.41. The summed E-state index contributed by atoms with van der Waals surface area (Å²) in [6, 6.07) is 16.8. The number of hydrogen-bond acceptors (Lipinski definition) is 4. The molecule has 1 amide bonds. The molecule has 6 nitrogen and oxygen atoms in total. The molecule has 3 aromatic rings. The van der Waals surface area contributed by atoms with Crippen molar-refractivity contribution < 1.29 is 22.3 Å². The number of aryl methyl sites for hydroxylation is 1. The van der Waals surface area contributed by atoms with Crippen LogP contribution in [0.1, 0.15) is 24.1 Å². The maximum atomic E-state index is 13.0. The van der Waals surface area contributed by atoms with E-state index in [0.29, 0.717) is 11.3 Å². The molecule has 9 heteroatoms. The third kappa shape index (κ3) is 6.30. The van der Waals surface area contributed by atoms with Crippen LogP contribution in [0.15, 0.2) is 76.1 Å². The van der Waals surface area contributed by atoms with E-state index in [4.69, 9.17) is 4.74 Å². The molecule has 0 unspecified atom stereocenters. The van der Waals surface area contributed by atoms with Gasteiger partial charge in [0.15, 0.2) is 6.61 Å². The van der Waals surface area contributed by atoms with Crippen molar-refractivity contribution in [2.75, 3.05) is 11.3 Å². The van der Waals surface area contributed by atoms with Crippen LogP contribution >= 0.6 is 15.9 Å². The number of anilines is 1. The van der Waals surface area contributed by atoms with E-state index in [-0.39, 0.29) is 29.1 Å². The summed E-state index contributed by atoms with van der Waals surface area (Å²) in [4.78, 5) is 12.3. The molecule has 0 bridgehead atoms. The summed E-state index contributed by atoms with van der Waals surface area (Å²) in [5, 5.41) is 2.86. The number of halogens is 2. The van der Waals surface area contributed by atoms with Gasteiger partial charge in [-0.1, -0.05) is 28.1 Å². The molecule has 0 saturated heterocycles. The van der Waals surface area contributed by atoms with Gasteiger partial charge in [0.2, 0.25) is 0 Å². The number of carbonyl (C=O) groups is 1. The van der Waals surface area contributed by atoms with Crippen LogP contribution < -0.4 is 14.8 Å². The van der Waals surface area contributed by atoms with Gasteiger partial charge in [0.1, 0.15) is 11.6 Å². The van der Waals surface area contributed by atoms with Crippen molar-refractivity contribution in [1.82, 2.24) is 5.32 Å². The van der Waals surface area contributed by atoms with Crippen LogP contribution in [0.4, 0.5) is 10.1 Å². The maximum absolute atomic E-state index is 13.0. The first-order valence-corrected chi connectivity index (χ1v) is 12.0. The Kier molecular flexibility index (Phi) is 7.52. The Balaban J connectivity index is 1.61. The number of amides is 1. The highest BCUT2D eigenvalue weighted by Gasteiger charge is 2.17. The summed E-state index contributed by atoms with van der Waals surface area (Å²) in [6.07, 6.45) is 0. The van der Waals surface area contributed by atoms with Crippen LogP contribution in [0.25, 0.3) is 0 Å². The second kappa shape index (κ2) is 10.1. The van der Waals surface area contributed by atoms with E-state index in [0.717, 1.165) is 10.0 Å². The molecule has 0 aliphatic carbocycles. The Bertz CT molecular complexity index is 1220. The van der Waals surface area contributed by atoms with Gasteiger partial charge in [-0.3, -0.25) is 9.52 Å². The highest BCUT2D eigenvalue weighted by Crippen LogP contribution is 2.24. The van der Waals surface area contributed by atoms with Gasteiger partial charge in [-0.2, -0.15) is 0 Å². The third-order valence-electron chi connectivity index (χ3n) is 4.64. The number of rotatable bonds is 8. The Morgan fingerprint density at radius 2 is 1.81 bits per heavy atom. The van der Waals surface area contributed by atoms with Crippen molar-refractivity contribution in [2.45, 2.75) is 24.8 Å². The summed E-state index contributed by atoms with van der Waals surface area (Å²) in [5.41, 5.74) is 1.76. The number of sulfonamides is 1. The minimum absolute atomic E-state index is 0.0272. The van der Waals surface area contributed by atoms with Crippen LogP contribution in [-0.2, 0) is 14.8 Å². The fourth-order valence-electron chi connectivity index (χ4n) is 2.97. The molecule has 0 aliphatic heterocycles. The van der Waals surface area contributed by atoms with Crippen molar-refractivity contribution in [3.05, 3.63) is 88.1 Å². The average Bonchev–Trinajstić information content (AvgIpc) is 2.74. The van der Waals surface area contributed by atoms with Crippen molar-refractivity contribution >= 4 is 37.5 Å². The first-order chi connectivity index (χ1) is 15.1. The number of nitrogens with one attached hydrogen (secondary N) is 2. The van der Waals surface area contributed by atoms with Gasteiger partial charge < -0.3 is 10.1 Å². The first kappa shape index (κ1) is 23.7. The molecule has 2 N–H and O–H groups in total. The normalized spacial score (nSPS) is 12.1. The molecule has 0 heterocycles. The van der Waals surface area contributed by atoms with Crippen LogP contribution in [0, 0.1) is 12.7 Å².